The highest BCUT2D eigenvalue weighted by Gasteiger charge is 2.24. The van der Waals surface area contributed by atoms with E-state index in [0.717, 1.165) is 28.9 Å². The molecule has 0 fully saturated rings. The van der Waals surface area contributed by atoms with Gasteiger partial charge < -0.3 is 16.0 Å². The van der Waals surface area contributed by atoms with E-state index in [-0.39, 0.29) is 17.2 Å². The maximum atomic E-state index is 12.0. The van der Waals surface area contributed by atoms with Gasteiger partial charge in [0.05, 0.1) is 12.2 Å². The number of rotatable bonds is 5. The molecule has 0 saturated carbocycles. The molecule has 0 radical (unpaired) electrons. The second-order valence-electron chi connectivity index (χ2n) is 7.99. The molecular weight excluding hydrogens is 370 g/mol. The topological polar surface area (TPSA) is 78.4 Å². The lowest BCUT2D eigenvalue weighted by Crippen LogP contribution is -2.40. The highest BCUT2D eigenvalue weighted by Crippen LogP contribution is 2.31. The number of nitrogens with zero attached hydrogens (tertiary/aromatic N) is 2. The van der Waals surface area contributed by atoms with Crippen LogP contribution in [0.25, 0.3) is 0 Å². The molecule has 0 saturated heterocycles. The SMILES string of the molecule is CCNC(=NCc1nc(C(C)(C)C)cs1)NCC1CC(=O)Nc2ccccc21. The second kappa shape index (κ2) is 8.73. The molecule has 1 aromatic heterocycles. The molecule has 150 valence electrons. The van der Waals surface area contributed by atoms with Gasteiger partial charge >= 0.3 is 0 Å². The second-order valence-corrected chi connectivity index (χ2v) is 8.93. The highest BCUT2D eigenvalue weighted by atomic mass is 32.1. The Hall–Kier alpha value is -2.41. The van der Waals surface area contributed by atoms with Crippen molar-refractivity contribution in [3.05, 3.63) is 45.9 Å². The van der Waals surface area contributed by atoms with Crippen LogP contribution in [0.3, 0.4) is 0 Å². The van der Waals surface area contributed by atoms with Gasteiger partial charge in [0.15, 0.2) is 5.96 Å². The van der Waals surface area contributed by atoms with Crippen molar-refractivity contribution in [2.75, 3.05) is 18.4 Å². The average molecular weight is 400 g/mol. The summed E-state index contributed by atoms with van der Waals surface area (Å²) < 4.78 is 0. The molecule has 3 N–H and O–H groups in total. The number of nitrogens with one attached hydrogen (secondary N) is 3. The molecular formula is C21H29N5OS. The van der Waals surface area contributed by atoms with E-state index in [1.54, 1.807) is 11.3 Å². The minimum atomic E-state index is 0.0517. The van der Waals surface area contributed by atoms with Gasteiger partial charge in [-0.3, -0.25) is 4.79 Å². The third-order valence-corrected chi connectivity index (χ3v) is 5.49. The summed E-state index contributed by atoms with van der Waals surface area (Å²) >= 11 is 1.65. The maximum absolute atomic E-state index is 12.0. The summed E-state index contributed by atoms with van der Waals surface area (Å²) in [6, 6.07) is 7.99. The van der Waals surface area contributed by atoms with Crippen LogP contribution in [0.4, 0.5) is 5.69 Å². The Morgan fingerprint density at radius 3 is 2.82 bits per heavy atom. The number of guanidine groups is 1. The largest absolute Gasteiger partial charge is 0.357 e. The summed E-state index contributed by atoms with van der Waals surface area (Å²) in [7, 11) is 0. The van der Waals surface area contributed by atoms with E-state index in [4.69, 9.17) is 4.98 Å². The molecule has 1 amide bonds. The van der Waals surface area contributed by atoms with Gasteiger partial charge in [-0.15, -0.1) is 11.3 Å². The van der Waals surface area contributed by atoms with Gasteiger partial charge in [-0.25, -0.2) is 9.98 Å². The summed E-state index contributed by atoms with van der Waals surface area (Å²) in [5.74, 6) is 0.935. The minimum absolute atomic E-state index is 0.0517. The Morgan fingerprint density at radius 2 is 2.11 bits per heavy atom. The van der Waals surface area contributed by atoms with Crippen molar-refractivity contribution in [3.63, 3.8) is 0 Å². The lowest BCUT2D eigenvalue weighted by Gasteiger charge is -2.26. The monoisotopic (exact) mass is 399 g/mol. The summed E-state index contributed by atoms with van der Waals surface area (Å²) in [4.78, 5) is 21.4. The predicted octanol–water partition coefficient (Wildman–Crippen LogP) is 3.62. The van der Waals surface area contributed by atoms with Crippen LogP contribution >= 0.6 is 11.3 Å². The molecule has 1 aliphatic heterocycles. The number of benzene rings is 1. The quantitative estimate of drug-likeness (QED) is 0.530. The first-order valence-corrected chi connectivity index (χ1v) is 10.6. The van der Waals surface area contributed by atoms with Gasteiger partial charge in [0.1, 0.15) is 5.01 Å². The van der Waals surface area contributed by atoms with Gasteiger partial charge in [0.25, 0.3) is 0 Å². The Kier molecular flexibility index (Phi) is 6.34. The number of aliphatic imine (C=N–C) groups is 1. The van der Waals surface area contributed by atoms with Gasteiger partial charge in [0.2, 0.25) is 5.91 Å². The third-order valence-electron chi connectivity index (χ3n) is 4.66. The number of anilines is 1. The number of aromatic nitrogens is 1. The summed E-state index contributed by atoms with van der Waals surface area (Å²) in [6.45, 7) is 10.5. The Morgan fingerprint density at radius 1 is 1.32 bits per heavy atom. The van der Waals surface area contributed by atoms with Crippen LogP contribution in [-0.2, 0) is 16.8 Å². The van der Waals surface area contributed by atoms with Crippen molar-refractivity contribution in [1.29, 1.82) is 0 Å². The molecule has 0 aliphatic carbocycles. The average Bonchev–Trinajstić information content (AvgIpc) is 3.13. The van der Waals surface area contributed by atoms with E-state index in [1.807, 2.05) is 25.1 Å². The van der Waals surface area contributed by atoms with Crippen molar-refractivity contribution in [2.24, 2.45) is 4.99 Å². The lowest BCUT2D eigenvalue weighted by molar-refractivity contribution is -0.116. The van der Waals surface area contributed by atoms with Crippen LogP contribution in [0, 0.1) is 0 Å². The number of amides is 1. The van der Waals surface area contributed by atoms with Gasteiger partial charge in [0, 0.05) is 41.9 Å². The zero-order chi connectivity index (χ0) is 20.1. The zero-order valence-electron chi connectivity index (χ0n) is 17.0. The molecule has 1 unspecified atom stereocenters. The van der Waals surface area contributed by atoms with Crippen molar-refractivity contribution < 1.29 is 4.79 Å². The van der Waals surface area contributed by atoms with Crippen LogP contribution in [0.2, 0.25) is 0 Å². The molecule has 3 rings (SSSR count). The Bertz CT molecular complexity index is 852. The molecule has 1 aromatic carbocycles. The van der Waals surface area contributed by atoms with E-state index in [0.29, 0.717) is 19.5 Å². The molecule has 0 bridgehead atoms. The van der Waals surface area contributed by atoms with Crippen molar-refractivity contribution in [2.45, 2.75) is 52.0 Å². The van der Waals surface area contributed by atoms with Crippen LogP contribution in [0.5, 0.6) is 0 Å². The molecule has 6 nitrogen and oxygen atoms in total. The summed E-state index contributed by atoms with van der Waals surface area (Å²) in [5, 5.41) is 12.7. The first-order valence-electron chi connectivity index (χ1n) is 9.72. The summed E-state index contributed by atoms with van der Waals surface area (Å²) in [5.41, 5.74) is 3.23. The molecule has 2 aromatic rings. The standard InChI is InChI=1S/C21H29N5OS/c1-5-22-20(24-12-19-26-17(13-28-19)21(2,3)4)23-11-14-10-18(27)25-16-9-7-6-8-15(14)16/h6-9,13-14H,5,10-12H2,1-4H3,(H,25,27)(H2,22,23,24). The van der Waals surface area contributed by atoms with Crippen molar-refractivity contribution in [3.8, 4) is 0 Å². The number of hydrogen-bond donors (Lipinski definition) is 3. The number of fused-ring (bicyclic) bond motifs is 1. The molecule has 1 atom stereocenters. The number of para-hydroxylation sites is 1. The van der Waals surface area contributed by atoms with Gasteiger partial charge in [-0.2, -0.15) is 0 Å². The predicted molar refractivity (Wildman–Crippen MR) is 116 cm³/mol. The van der Waals surface area contributed by atoms with Crippen LogP contribution in [0.15, 0.2) is 34.6 Å². The fourth-order valence-corrected chi connectivity index (χ4v) is 4.06. The van der Waals surface area contributed by atoms with Gasteiger partial charge in [-0.05, 0) is 18.6 Å². The highest BCUT2D eigenvalue weighted by molar-refractivity contribution is 7.09. The van der Waals surface area contributed by atoms with Gasteiger partial charge in [-0.1, -0.05) is 39.0 Å². The summed E-state index contributed by atoms with van der Waals surface area (Å²) in [6.07, 6.45) is 0.477. The fourth-order valence-electron chi connectivity index (χ4n) is 3.12. The number of carbonyl (C=O) groups is 1. The molecule has 0 spiro atoms. The van der Waals surface area contributed by atoms with Crippen LogP contribution < -0.4 is 16.0 Å². The third kappa shape index (κ3) is 5.10. The first-order chi connectivity index (χ1) is 13.4. The number of hydrogen-bond acceptors (Lipinski definition) is 4. The van der Waals surface area contributed by atoms with Crippen LogP contribution in [0.1, 0.15) is 56.3 Å². The van der Waals surface area contributed by atoms with Crippen molar-refractivity contribution >= 4 is 28.9 Å². The van der Waals surface area contributed by atoms with Crippen molar-refractivity contribution in [1.82, 2.24) is 15.6 Å². The number of thiazole rings is 1. The molecule has 28 heavy (non-hydrogen) atoms. The number of carbonyl (C=O) groups excluding carboxylic acids is 1. The maximum Gasteiger partial charge on any atom is 0.225 e. The van der Waals surface area contributed by atoms with E-state index < -0.39 is 0 Å². The smallest absolute Gasteiger partial charge is 0.225 e. The Balaban J connectivity index is 1.66. The lowest BCUT2D eigenvalue weighted by atomic mass is 9.90. The normalized spacial score (nSPS) is 17.1. The Labute approximate surface area is 170 Å². The fraction of sp³-hybridized carbons (Fsp3) is 0.476. The van der Waals surface area contributed by atoms with E-state index in [1.165, 1.54) is 5.56 Å². The van der Waals surface area contributed by atoms with Crippen LogP contribution in [-0.4, -0.2) is 29.9 Å². The molecule has 1 aliphatic rings. The van der Waals surface area contributed by atoms with E-state index in [9.17, 15) is 4.79 Å². The van der Waals surface area contributed by atoms with E-state index >= 15 is 0 Å². The first kappa shape index (κ1) is 20.3. The molecule has 7 heteroatoms. The zero-order valence-corrected chi connectivity index (χ0v) is 17.8. The molecule has 2 heterocycles. The minimum Gasteiger partial charge on any atom is -0.357 e. The van der Waals surface area contributed by atoms with E-state index in [2.05, 4.69) is 53.2 Å².